The summed E-state index contributed by atoms with van der Waals surface area (Å²) >= 11 is 0. The molecule has 0 spiro atoms. The number of nitrogens with one attached hydrogen (secondary N) is 3. The second-order valence-electron chi connectivity index (χ2n) is 5.74. The highest BCUT2D eigenvalue weighted by Crippen LogP contribution is 2.23. The lowest BCUT2D eigenvalue weighted by molar-refractivity contribution is 0.100. The molecule has 0 unspecified atom stereocenters. The number of hydrogen-bond acceptors (Lipinski definition) is 8. The average molecular weight is 356 g/mol. The summed E-state index contributed by atoms with van der Waals surface area (Å²) in [5.74, 6) is 0.610. The molecule has 136 valence electrons. The second-order valence-corrected chi connectivity index (χ2v) is 5.74. The Hall–Kier alpha value is -3.20. The third kappa shape index (κ3) is 4.06. The number of methoxy groups -OCH3 is 1. The van der Waals surface area contributed by atoms with Gasteiger partial charge in [-0.1, -0.05) is 6.07 Å². The summed E-state index contributed by atoms with van der Waals surface area (Å²) in [6.45, 7) is 0.848. The Morgan fingerprint density at radius 2 is 2.31 bits per heavy atom. The lowest BCUT2D eigenvalue weighted by Crippen LogP contribution is -2.38. The lowest BCUT2D eigenvalue weighted by Gasteiger charge is -2.24. The molecule has 9 nitrogen and oxygen atoms in total. The molecule has 3 rings (SSSR count). The Morgan fingerprint density at radius 3 is 3.04 bits per heavy atom. The van der Waals surface area contributed by atoms with Crippen LogP contribution in [0, 0.1) is 5.41 Å². The van der Waals surface area contributed by atoms with Gasteiger partial charge in [-0.3, -0.25) is 4.79 Å². The van der Waals surface area contributed by atoms with E-state index < -0.39 is 5.91 Å². The van der Waals surface area contributed by atoms with Crippen LogP contribution in [0.4, 0.5) is 17.5 Å². The fraction of sp³-hybridized carbons (Fsp3) is 0.294. The van der Waals surface area contributed by atoms with Gasteiger partial charge in [0.05, 0.1) is 25.5 Å². The first-order valence-electron chi connectivity index (χ1n) is 8.06. The molecular weight excluding hydrogens is 336 g/mol. The van der Waals surface area contributed by atoms with E-state index in [1.165, 1.54) is 6.20 Å². The number of anilines is 3. The molecule has 5 N–H and O–H groups in total. The van der Waals surface area contributed by atoms with Crippen LogP contribution in [0.1, 0.15) is 16.8 Å². The molecule has 1 aliphatic rings. The molecule has 0 bridgehead atoms. The van der Waals surface area contributed by atoms with Crippen LogP contribution in [0.2, 0.25) is 0 Å². The van der Waals surface area contributed by atoms with Crippen LogP contribution in [0.25, 0.3) is 0 Å². The summed E-state index contributed by atoms with van der Waals surface area (Å²) in [6.07, 6.45) is 2.02. The largest absolute Gasteiger partial charge is 0.497 e. The maximum Gasteiger partial charge on any atom is 0.254 e. The zero-order valence-electron chi connectivity index (χ0n) is 14.3. The van der Waals surface area contributed by atoms with E-state index in [-0.39, 0.29) is 24.0 Å². The van der Waals surface area contributed by atoms with Crippen molar-refractivity contribution in [3.8, 4) is 5.75 Å². The van der Waals surface area contributed by atoms with Crippen molar-refractivity contribution in [1.29, 1.82) is 5.41 Å². The van der Waals surface area contributed by atoms with Crippen molar-refractivity contribution in [3.05, 3.63) is 36.0 Å². The van der Waals surface area contributed by atoms with Gasteiger partial charge < -0.3 is 31.3 Å². The van der Waals surface area contributed by atoms with Crippen LogP contribution in [0.15, 0.2) is 30.5 Å². The van der Waals surface area contributed by atoms with Crippen LogP contribution in [0.5, 0.6) is 5.75 Å². The number of nitrogens with two attached hydrogens (primary N) is 1. The molecule has 0 radical (unpaired) electrons. The van der Waals surface area contributed by atoms with Gasteiger partial charge in [0.25, 0.3) is 5.91 Å². The lowest BCUT2D eigenvalue weighted by atomic mass is 10.1. The quantitative estimate of drug-likeness (QED) is 0.616. The van der Waals surface area contributed by atoms with Crippen molar-refractivity contribution < 1.29 is 14.3 Å². The van der Waals surface area contributed by atoms with Gasteiger partial charge in [-0.05, 0) is 18.6 Å². The van der Waals surface area contributed by atoms with Crippen molar-refractivity contribution in [2.45, 2.75) is 12.5 Å². The summed E-state index contributed by atoms with van der Waals surface area (Å²) in [5.41, 5.74) is 6.71. The Kier molecular flexibility index (Phi) is 5.28. The van der Waals surface area contributed by atoms with Crippen molar-refractivity contribution in [1.82, 2.24) is 9.97 Å². The van der Waals surface area contributed by atoms with Gasteiger partial charge in [-0.15, -0.1) is 0 Å². The summed E-state index contributed by atoms with van der Waals surface area (Å²) in [6, 6.07) is 7.01. The fourth-order valence-electron chi connectivity index (χ4n) is 2.54. The zero-order valence-corrected chi connectivity index (χ0v) is 14.3. The number of hydrogen-bond donors (Lipinski definition) is 4. The fourth-order valence-corrected chi connectivity index (χ4v) is 2.54. The molecule has 1 aliphatic heterocycles. The minimum atomic E-state index is -0.638. The summed E-state index contributed by atoms with van der Waals surface area (Å²) in [4.78, 5) is 20.2. The first kappa shape index (κ1) is 17.6. The molecule has 1 fully saturated rings. The van der Waals surface area contributed by atoms with Gasteiger partial charge in [0.1, 0.15) is 17.1 Å². The molecule has 2 aromatic rings. The first-order valence-corrected chi connectivity index (χ1v) is 8.06. The second kappa shape index (κ2) is 7.79. The molecule has 26 heavy (non-hydrogen) atoms. The molecule has 9 heteroatoms. The van der Waals surface area contributed by atoms with Gasteiger partial charge in [-0.25, -0.2) is 4.98 Å². The number of carbonyl (C=O) groups is 1. The highest BCUT2D eigenvalue weighted by Gasteiger charge is 2.21. The van der Waals surface area contributed by atoms with Gasteiger partial charge >= 0.3 is 0 Å². The van der Waals surface area contributed by atoms with Crippen molar-refractivity contribution in [2.24, 2.45) is 5.73 Å². The van der Waals surface area contributed by atoms with E-state index in [4.69, 9.17) is 20.6 Å². The third-order valence-corrected chi connectivity index (χ3v) is 3.92. The average Bonchev–Trinajstić information content (AvgIpc) is 2.64. The first-order chi connectivity index (χ1) is 12.6. The predicted molar refractivity (Wildman–Crippen MR) is 97.4 cm³/mol. The number of primary amides is 1. The number of nitrogens with zero attached hydrogens (tertiary/aromatic N) is 2. The van der Waals surface area contributed by atoms with Gasteiger partial charge in [-0.2, -0.15) is 4.98 Å². The minimum Gasteiger partial charge on any atom is -0.497 e. The van der Waals surface area contributed by atoms with E-state index in [9.17, 15) is 4.79 Å². The summed E-state index contributed by atoms with van der Waals surface area (Å²) in [5, 5.41) is 14.1. The monoisotopic (exact) mass is 356 g/mol. The Balaban J connectivity index is 1.86. The molecule has 1 amide bonds. The summed E-state index contributed by atoms with van der Waals surface area (Å²) < 4.78 is 10.4. The smallest absolute Gasteiger partial charge is 0.254 e. The van der Waals surface area contributed by atoms with E-state index in [0.29, 0.717) is 36.1 Å². The molecule has 0 saturated carbocycles. The van der Waals surface area contributed by atoms with E-state index in [0.717, 1.165) is 0 Å². The predicted octanol–water partition coefficient (Wildman–Crippen LogP) is 1.55. The number of rotatable bonds is 6. The normalized spacial score (nSPS) is 16.8. The highest BCUT2D eigenvalue weighted by molar-refractivity contribution is 5.98. The van der Waals surface area contributed by atoms with Crippen LogP contribution >= 0.6 is 0 Å². The number of carbonyl (C=O) groups excluding carboxylic acids is 1. The van der Waals surface area contributed by atoms with E-state index in [1.807, 2.05) is 18.2 Å². The Morgan fingerprint density at radius 1 is 1.46 bits per heavy atom. The number of benzene rings is 1. The van der Waals surface area contributed by atoms with Gasteiger partial charge in [0, 0.05) is 24.6 Å². The van der Waals surface area contributed by atoms with Gasteiger partial charge in [0.15, 0.2) is 0 Å². The molecule has 1 aromatic carbocycles. The summed E-state index contributed by atoms with van der Waals surface area (Å²) in [7, 11) is 1.57. The maximum absolute atomic E-state index is 11.7. The molecular formula is C17H20N6O3. The van der Waals surface area contributed by atoms with Crippen LogP contribution in [-0.4, -0.2) is 48.0 Å². The highest BCUT2D eigenvalue weighted by atomic mass is 16.5. The number of ether oxygens (including phenoxy) is 2. The SMILES string of the molecule is COc1cccc(Nc2nc(N[C@@H]3CCOCC3=N)ncc2C(N)=O)c1. The van der Waals surface area contributed by atoms with Crippen LogP contribution in [0.3, 0.4) is 0 Å². The number of amides is 1. The standard InChI is InChI=1S/C17H20N6O3/c1-25-11-4-2-3-10(7-11)21-16-12(15(19)24)8-20-17(23-16)22-14-5-6-26-9-13(14)18/h2-4,7-8,14,18H,5-6,9H2,1H3,(H2,19,24)(H2,20,21,22,23)/t14-/m1/s1. The zero-order chi connectivity index (χ0) is 18.5. The maximum atomic E-state index is 11.7. The topological polar surface area (TPSA) is 135 Å². The molecule has 1 atom stereocenters. The Bertz CT molecular complexity index is 826. The van der Waals surface area contributed by atoms with Gasteiger partial charge in [0.2, 0.25) is 5.95 Å². The molecule has 0 aliphatic carbocycles. The van der Waals surface area contributed by atoms with Crippen LogP contribution in [-0.2, 0) is 4.74 Å². The van der Waals surface area contributed by atoms with Crippen LogP contribution < -0.4 is 21.1 Å². The van der Waals surface area contributed by atoms with Crippen molar-refractivity contribution >= 4 is 29.1 Å². The van der Waals surface area contributed by atoms with E-state index in [2.05, 4.69) is 20.6 Å². The van der Waals surface area contributed by atoms with Crippen molar-refractivity contribution in [3.63, 3.8) is 0 Å². The van der Waals surface area contributed by atoms with Crippen molar-refractivity contribution in [2.75, 3.05) is 31.0 Å². The minimum absolute atomic E-state index is 0.167. The van der Waals surface area contributed by atoms with E-state index >= 15 is 0 Å². The Labute approximate surface area is 150 Å². The molecule has 1 aromatic heterocycles. The molecule has 1 saturated heterocycles. The molecule has 2 heterocycles. The van der Waals surface area contributed by atoms with E-state index in [1.54, 1.807) is 13.2 Å². The number of aromatic nitrogens is 2. The third-order valence-electron chi connectivity index (χ3n) is 3.92.